The van der Waals surface area contributed by atoms with Crippen LogP contribution in [0.2, 0.25) is 0 Å². The number of nitrogens with one attached hydrogen (secondary N) is 2. The van der Waals surface area contributed by atoms with Crippen molar-refractivity contribution in [1.29, 1.82) is 0 Å². The Balaban J connectivity index is 1.58. The lowest BCUT2D eigenvalue weighted by Gasteiger charge is -2.28. The van der Waals surface area contributed by atoms with E-state index in [0.717, 1.165) is 34.4 Å². The zero-order chi connectivity index (χ0) is 21.8. The molecule has 2 unspecified atom stereocenters. The van der Waals surface area contributed by atoms with Crippen molar-refractivity contribution in [1.82, 2.24) is 20.2 Å². The van der Waals surface area contributed by atoms with Crippen molar-refractivity contribution in [2.24, 2.45) is 0 Å². The molecule has 1 saturated heterocycles. The molecular formula is C23H23BrN4O3. The monoisotopic (exact) mass is 482 g/mol. The molecule has 2 atom stereocenters. The molecule has 0 radical (unpaired) electrons. The number of carbonyl (C=O) groups is 2. The van der Waals surface area contributed by atoms with Gasteiger partial charge >= 0.3 is 6.09 Å². The van der Waals surface area contributed by atoms with Gasteiger partial charge in [-0.15, -0.1) is 0 Å². The van der Waals surface area contributed by atoms with E-state index >= 15 is 0 Å². The Labute approximate surface area is 189 Å². The van der Waals surface area contributed by atoms with Gasteiger partial charge in [-0.2, -0.15) is 0 Å². The molecule has 0 bridgehead atoms. The molecule has 1 aromatic heterocycles. The van der Waals surface area contributed by atoms with Crippen molar-refractivity contribution in [2.75, 3.05) is 13.7 Å². The summed E-state index contributed by atoms with van der Waals surface area (Å²) in [6.45, 7) is 0.601. The highest BCUT2D eigenvalue weighted by atomic mass is 79.9. The summed E-state index contributed by atoms with van der Waals surface area (Å²) in [5.74, 6) is 0.564. The summed E-state index contributed by atoms with van der Waals surface area (Å²) in [4.78, 5) is 35.2. The van der Waals surface area contributed by atoms with Crippen molar-refractivity contribution >= 4 is 27.9 Å². The number of ether oxygens (including phenoxy) is 1. The number of alkyl carbamates (subject to hydrolysis) is 1. The van der Waals surface area contributed by atoms with Gasteiger partial charge in [-0.05, 0) is 36.1 Å². The number of aromatic amines is 1. The number of amides is 2. The van der Waals surface area contributed by atoms with Gasteiger partial charge < -0.3 is 19.9 Å². The second kappa shape index (κ2) is 9.34. The number of likely N-dealkylation sites (tertiary alicyclic amines) is 1. The first kappa shape index (κ1) is 21.1. The SMILES string of the molecule is COC(=O)NC(C(=O)N1CCCC1c1ncc(-c2ccc(Br)cc2)[nH]1)c1ccccc1. The number of hydrogen-bond acceptors (Lipinski definition) is 4. The second-order valence-electron chi connectivity index (χ2n) is 7.36. The molecule has 0 aliphatic carbocycles. The van der Waals surface area contributed by atoms with Gasteiger partial charge in [-0.1, -0.05) is 58.4 Å². The Morgan fingerprint density at radius 1 is 1.19 bits per heavy atom. The number of halogens is 1. The Kier molecular flexibility index (Phi) is 6.36. The minimum Gasteiger partial charge on any atom is -0.453 e. The van der Waals surface area contributed by atoms with Gasteiger partial charge in [0.25, 0.3) is 5.91 Å². The van der Waals surface area contributed by atoms with Crippen LogP contribution in [-0.2, 0) is 9.53 Å². The molecule has 2 N–H and O–H groups in total. The number of methoxy groups -OCH3 is 1. The maximum absolute atomic E-state index is 13.5. The van der Waals surface area contributed by atoms with Crippen molar-refractivity contribution in [3.63, 3.8) is 0 Å². The third-order valence-electron chi connectivity index (χ3n) is 5.43. The average molecular weight is 483 g/mol. The molecule has 2 heterocycles. The van der Waals surface area contributed by atoms with E-state index in [1.807, 2.05) is 54.6 Å². The van der Waals surface area contributed by atoms with E-state index < -0.39 is 12.1 Å². The first-order chi connectivity index (χ1) is 15.1. The van der Waals surface area contributed by atoms with Crippen molar-refractivity contribution in [3.05, 3.63) is 76.7 Å². The number of imidazole rings is 1. The topological polar surface area (TPSA) is 87.3 Å². The number of carbonyl (C=O) groups excluding carboxylic acids is 2. The molecule has 7 nitrogen and oxygen atoms in total. The highest BCUT2D eigenvalue weighted by molar-refractivity contribution is 9.10. The van der Waals surface area contributed by atoms with E-state index in [-0.39, 0.29) is 11.9 Å². The molecule has 8 heteroatoms. The quantitative estimate of drug-likeness (QED) is 0.556. The van der Waals surface area contributed by atoms with Crippen LogP contribution in [0, 0.1) is 0 Å². The molecule has 0 saturated carbocycles. The van der Waals surface area contributed by atoms with Crippen LogP contribution in [0.4, 0.5) is 4.79 Å². The molecule has 0 spiro atoms. The predicted molar refractivity (Wildman–Crippen MR) is 120 cm³/mol. The van der Waals surface area contributed by atoms with E-state index in [2.05, 4.69) is 31.2 Å². The van der Waals surface area contributed by atoms with E-state index in [1.54, 1.807) is 11.1 Å². The smallest absolute Gasteiger partial charge is 0.407 e. The van der Waals surface area contributed by atoms with Crippen LogP contribution in [0.15, 0.2) is 65.3 Å². The Morgan fingerprint density at radius 3 is 2.65 bits per heavy atom. The Morgan fingerprint density at radius 2 is 1.94 bits per heavy atom. The average Bonchev–Trinajstić information content (AvgIpc) is 3.47. The van der Waals surface area contributed by atoms with Crippen LogP contribution >= 0.6 is 15.9 Å². The van der Waals surface area contributed by atoms with Crippen molar-refractivity contribution < 1.29 is 14.3 Å². The van der Waals surface area contributed by atoms with E-state index in [0.29, 0.717) is 12.1 Å². The third-order valence-corrected chi connectivity index (χ3v) is 5.96. The maximum atomic E-state index is 13.5. The molecule has 2 aromatic carbocycles. The van der Waals surface area contributed by atoms with Crippen molar-refractivity contribution in [3.8, 4) is 11.3 Å². The van der Waals surface area contributed by atoms with Crippen LogP contribution in [0.5, 0.6) is 0 Å². The summed E-state index contributed by atoms with van der Waals surface area (Å²) in [7, 11) is 1.28. The normalized spacial score (nSPS) is 16.7. The summed E-state index contributed by atoms with van der Waals surface area (Å²) >= 11 is 3.45. The van der Waals surface area contributed by atoms with E-state index in [1.165, 1.54) is 7.11 Å². The maximum Gasteiger partial charge on any atom is 0.407 e. The van der Waals surface area contributed by atoms with E-state index in [4.69, 9.17) is 4.74 Å². The lowest BCUT2D eigenvalue weighted by molar-refractivity contribution is -0.134. The number of hydrogen-bond donors (Lipinski definition) is 2. The van der Waals surface area contributed by atoms with Crippen LogP contribution < -0.4 is 5.32 Å². The summed E-state index contributed by atoms with van der Waals surface area (Å²) in [6, 6.07) is 16.2. The van der Waals surface area contributed by atoms with Crippen LogP contribution in [0.25, 0.3) is 11.3 Å². The number of nitrogens with zero attached hydrogens (tertiary/aromatic N) is 2. The van der Waals surface area contributed by atoms with Gasteiger partial charge in [0.2, 0.25) is 0 Å². The number of benzene rings is 2. The zero-order valence-corrected chi connectivity index (χ0v) is 18.6. The minimum absolute atomic E-state index is 0.178. The van der Waals surface area contributed by atoms with Crippen molar-refractivity contribution in [2.45, 2.75) is 24.9 Å². The van der Waals surface area contributed by atoms with Gasteiger partial charge in [0.15, 0.2) is 0 Å². The largest absolute Gasteiger partial charge is 0.453 e. The fourth-order valence-corrected chi connectivity index (χ4v) is 4.14. The Hall–Kier alpha value is -3.13. The fourth-order valence-electron chi connectivity index (χ4n) is 3.87. The molecule has 1 aliphatic rings. The minimum atomic E-state index is -0.824. The van der Waals surface area contributed by atoms with Crippen LogP contribution in [0.3, 0.4) is 0 Å². The molecule has 160 valence electrons. The highest BCUT2D eigenvalue weighted by Gasteiger charge is 2.37. The molecule has 1 aliphatic heterocycles. The summed E-state index contributed by atoms with van der Waals surface area (Å²) < 4.78 is 5.75. The summed E-state index contributed by atoms with van der Waals surface area (Å²) in [5, 5.41) is 2.68. The fraction of sp³-hybridized carbons (Fsp3) is 0.261. The number of aromatic nitrogens is 2. The number of H-pyrrole nitrogens is 1. The van der Waals surface area contributed by atoms with Gasteiger partial charge in [0, 0.05) is 11.0 Å². The Bertz CT molecular complexity index is 1050. The second-order valence-corrected chi connectivity index (χ2v) is 8.27. The lowest BCUT2D eigenvalue weighted by atomic mass is 10.1. The molecule has 2 amide bonds. The molecular weight excluding hydrogens is 460 g/mol. The summed E-state index contributed by atoms with van der Waals surface area (Å²) in [5.41, 5.74) is 2.62. The van der Waals surface area contributed by atoms with Gasteiger partial charge in [-0.3, -0.25) is 4.79 Å². The number of rotatable bonds is 5. The first-order valence-electron chi connectivity index (χ1n) is 10.1. The lowest BCUT2D eigenvalue weighted by Crippen LogP contribution is -2.42. The predicted octanol–water partition coefficient (Wildman–Crippen LogP) is 4.60. The standard InChI is InChI=1S/C23H23BrN4O3/c1-31-23(30)27-20(16-6-3-2-4-7-16)22(29)28-13-5-8-19(28)21-25-14-18(26-21)15-9-11-17(24)12-10-15/h2-4,6-7,9-12,14,19-20H,5,8,13H2,1H3,(H,25,26)(H,27,30). The molecule has 3 aromatic rings. The van der Waals surface area contributed by atoms with Crippen LogP contribution in [-0.4, -0.2) is 40.5 Å². The zero-order valence-electron chi connectivity index (χ0n) is 17.0. The highest BCUT2D eigenvalue weighted by Crippen LogP contribution is 2.34. The molecule has 31 heavy (non-hydrogen) atoms. The van der Waals surface area contributed by atoms with Gasteiger partial charge in [0.05, 0.1) is 25.0 Å². The van der Waals surface area contributed by atoms with Gasteiger partial charge in [0.1, 0.15) is 11.9 Å². The summed E-state index contributed by atoms with van der Waals surface area (Å²) in [6.07, 6.45) is 2.82. The van der Waals surface area contributed by atoms with Crippen LogP contribution in [0.1, 0.15) is 36.3 Å². The third kappa shape index (κ3) is 4.64. The molecule has 1 fully saturated rings. The molecule has 4 rings (SSSR count). The van der Waals surface area contributed by atoms with E-state index in [9.17, 15) is 9.59 Å². The first-order valence-corrected chi connectivity index (χ1v) is 10.9. The van der Waals surface area contributed by atoms with Gasteiger partial charge in [-0.25, -0.2) is 9.78 Å².